The summed E-state index contributed by atoms with van der Waals surface area (Å²) in [4.78, 5) is 72.9. The molecule has 0 rings (SSSR count). The van der Waals surface area contributed by atoms with Crippen molar-refractivity contribution in [1.82, 2.24) is 0 Å². The van der Waals surface area contributed by atoms with Gasteiger partial charge in [-0.25, -0.2) is 9.13 Å². The van der Waals surface area contributed by atoms with E-state index in [4.69, 9.17) is 37.0 Å². The first-order valence-corrected chi connectivity index (χ1v) is 44.4. The van der Waals surface area contributed by atoms with E-state index < -0.39 is 97.5 Å². The molecular formula is C80H156O17P2. The molecule has 19 heteroatoms. The fourth-order valence-electron chi connectivity index (χ4n) is 12.3. The van der Waals surface area contributed by atoms with Gasteiger partial charge in [0.15, 0.2) is 12.2 Å². The molecule has 0 aliphatic heterocycles. The maximum Gasteiger partial charge on any atom is 0.472 e. The number of ether oxygens (including phenoxy) is 4. The molecule has 0 heterocycles. The highest BCUT2D eigenvalue weighted by Gasteiger charge is 2.30. The Hall–Kier alpha value is -1.94. The first kappa shape index (κ1) is 97.1. The van der Waals surface area contributed by atoms with E-state index in [9.17, 15) is 43.2 Å². The summed E-state index contributed by atoms with van der Waals surface area (Å²) in [5.41, 5.74) is 0. The molecule has 0 radical (unpaired) electrons. The Bertz CT molecular complexity index is 1920. The van der Waals surface area contributed by atoms with Gasteiger partial charge in [0.25, 0.3) is 0 Å². The fraction of sp³-hybridized carbons (Fsp3) is 0.950. The van der Waals surface area contributed by atoms with Crippen molar-refractivity contribution in [2.75, 3.05) is 39.6 Å². The number of phosphoric ester groups is 2. The van der Waals surface area contributed by atoms with Gasteiger partial charge >= 0.3 is 39.5 Å². The van der Waals surface area contributed by atoms with Crippen LogP contribution in [-0.2, 0) is 65.4 Å². The highest BCUT2D eigenvalue weighted by molar-refractivity contribution is 7.47. The zero-order valence-electron chi connectivity index (χ0n) is 65.0. The second kappa shape index (κ2) is 70.4. The van der Waals surface area contributed by atoms with Crippen molar-refractivity contribution < 1.29 is 80.2 Å². The number of rotatable bonds is 78. The summed E-state index contributed by atoms with van der Waals surface area (Å²) in [6.07, 6.45) is 58.6. The van der Waals surface area contributed by atoms with Gasteiger partial charge in [0.1, 0.15) is 19.3 Å². The third-order valence-corrected chi connectivity index (χ3v) is 20.9. The smallest absolute Gasteiger partial charge is 0.462 e. The van der Waals surface area contributed by atoms with Crippen molar-refractivity contribution >= 4 is 39.5 Å². The summed E-state index contributed by atoms with van der Waals surface area (Å²) in [6.45, 7) is 11.8. The monoisotopic (exact) mass is 1450 g/mol. The minimum absolute atomic E-state index is 0.103. The third kappa shape index (κ3) is 72.8. The zero-order valence-corrected chi connectivity index (χ0v) is 66.8. The van der Waals surface area contributed by atoms with E-state index in [1.165, 1.54) is 218 Å². The Balaban J connectivity index is 5.20. The predicted molar refractivity (Wildman–Crippen MR) is 405 cm³/mol. The number of carbonyl (C=O) groups excluding carboxylic acids is 4. The lowest BCUT2D eigenvalue weighted by atomic mass is 10.00. The SMILES string of the molecule is CCCCCCCCCCCCCCCCCCCCCCC(=O)O[C@H](COC(=O)CCCCCCCCCCCCCCCCCCC(C)C)COP(=O)(O)OC[C@@H](O)COP(=O)(O)OC[C@@H](COC(=O)CCCCCCCCC(C)CC)OC(=O)CCCCCCCCCC(C)C. The van der Waals surface area contributed by atoms with E-state index in [1.807, 2.05) is 0 Å². The first-order valence-electron chi connectivity index (χ1n) is 41.4. The molecule has 17 nitrogen and oxygen atoms in total. The summed E-state index contributed by atoms with van der Waals surface area (Å²) in [7, 11) is -9.92. The van der Waals surface area contributed by atoms with Gasteiger partial charge in [-0.15, -0.1) is 0 Å². The fourth-order valence-corrected chi connectivity index (χ4v) is 13.9. The number of esters is 4. The maximum absolute atomic E-state index is 13.1. The van der Waals surface area contributed by atoms with Gasteiger partial charge < -0.3 is 33.8 Å². The molecule has 0 aliphatic rings. The lowest BCUT2D eigenvalue weighted by Gasteiger charge is -2.21. The molecule has 0 bridgehead atoms. The molecule has 0 saturated heterocycles. The number of hydrogen-bond donors (Lipinski definition) is 3. The topological polar surface area (TPSA) is 237 Å². The lowest BCUT2D eigenvalue weighted by molar-refractivity contribution is -0.161. The van der Waals surface area contributed by atoms with E-state index in [1.54, 1.807) is 0 Å². The van der Waals surface area contributed by atoms with E-state index in [-0.39, 0.29) is 25.7 Å². The van der Waals surface area contributed by atoms with Crippen molar-refractivity contribution in [3.8, 4) is 0 Å². The predicted octanol–water partition coefficient (Wildman–Crippen LogP) is 23.7. The Morgan fingerprint density at radius 1 is 0.293 bits per heavy atom. The Morgan fingerprint density at radius 2 is 0.515 bits per heavy atom. The number of hydrogen-bond acceptors (Lipinski definition) is 15. The molecule has 3 N–H and O–H groups in total. The number of aliphatic hydroxyl groups excluding tert-OH is 1. The number of aliphatic hydroxyl groups is 1. The summed E-state index contributed by atoms with van der Waals surface area (Å²) >= 11 is 0. The van der Waals surface area contributed by atoms with Crippen LogP contribution >= 0.6 is 15.6 Å². The van der Waals surface area contributed by atoms with E-state index in [0.29, 0.717) is 31.6 Å². The molecule has 0 fully saturated rings. The third-order valence-electron chi connectivity index (χ3n) is 19.0. The van der Waals surface area contributed by atoms with E-state index >= 15 is 0 Å². The molecule has 0 spiro atoms. The molecule has 3 unspecified atom stereocenters. The number of carbonyl (C=O) groups is 4. The standard InChI is InChI=1S/C80H156O17P2/c1-8-10-11-12-13-14-15-16-17-18-19-20-21-26-29-32-35-40-49-56-63-79(84)96-75(67-90-77(82)61-54-47-39-34-31-28-25-23-22-24-27-30-33-37-44-51-58-71(3)4)69-94-98(86,87)92-65-74(81)66-93-99(88,89)95-70-76(97-80(85)64-57-50-41-36-38-45-52-59-72(5)6)68-91-78(83)62-55-48-43-42-46-53-60-73(7)9-2/h71-76,81H,8-70H2,1-7H3,(H,86,87)(H,88,89)/t73?,74-,75-,76-/m1/s1. The molecule has 0 aromatic rings. The number of phosphoric acid groups is 2. The van der Waals surface area contributed by atoms with Gasteiger partial charge in [-0.1, -0.05) is 363 Å². The average Bonchev–Trinajstić information content (AvgIpc) is 0.974. The number of unbranched alkanes of at least 4 members (excludes halogenated alkanes) is 45. The van der Waals surface area contributed by atoms with Crippen LogP contribution in [0.5, 0.6) is 0 Å². The van der Waals surface area contributed by atoms with Crippen LogP contribution in [0.25, 0.3) is 0 Å². The first-order chi connectivity index (χ1) is 47.8. The molecule has 0 amide bonds. The molecule has 0 aromatic heterocycles. The molecule has 588 valence electrons. The van der Waals surface area contributed by atoms with Crippen LogP contribution in [0.4, 0.5) is 0 Å². The van der Waals surface area contributed by atoms with E-state index in [2.05, 4.69) is 48.5 Å². The quantitative estimate of drug-likeness (QED) is 0.0222. The van der Waals surface area contributed by atoms with Gasteiger partial charge in [0, 0.05) is 25.7 Å². The maximum atomic E-state index is 13.1. The van der Waals surface area contributed by atoms with Crippen LogP contribution in [-0.4, -0.2) is 96.7 Å². The van der Waals surface area contributed by atoms with Crippen LogP contribution in [0, 0.1) is 17.8 Å². The van der Waals surface area contributed by atoms with Crippen LogP contribution in [0.2, 0.25) is 0 Å². The Morgan fingerprint density at radius 3 is 0.768 bits per heavy atom. The van der Waals surface area contributed by atoms with Crippen LogP contribution in [0.1, 0.15) is 414 Å². The van der Waals surface area contributed by atoms with Gasteiger partial charge in [0.2, 0.25) is 0 Å². The summed E-state index contributed by atoms with van der Waals surface area (Å²) in [5.74, 6) is 0.122. The van der Waals surface area contributed by atoms with Gasteiger partial charge in [-0.3, -0.25) is 37.3 Å². The van der Waals surface area contributed by atoms with Gasteiger partial charge in [-0.05, 0) is 43.4 Å². The summed E-state index contributed by atoms with van der Waals surface area (Å²) < 4.78 is 68.6. The molecule has 99 heavy (non-hydrogen) atoms. The van der Waals surface area contributed by atoms with Crippen molar-refractivity contribution in [2.45, 2.75) is 433 Å². The van der Waals surface area contributed by atoms with Crippen molar-refractivity contribution in [3.63, 3.8) is 0 Å². The average molecular weight is 1450 g/mol. The van der Waals surface area contributed by atoms with Crippen LogP contribution in [0.15, 0.2) is 0 Å². The normalized spacial score (nSPS) is 14.3. The van der Waals surface area contributed by atoms with Crippen molar-refractivity contribution in [3.05, 3.63) is 0 Å². The molecule has 0 saturated carbocycles. The lowest BCUT2D eigenvalue weighted by Crippen LogP contribution is -2.30. The minimum atomic E-state index is -4.96. The Kier molecular flexibility index (Phi) is 69.0. The summed E-state index contributed by atoms with van der Waals surface area (Å²) in [5, 5.41) is 10.6. The van der Waals surface area contributed by atoms with Gasteiger partial charge in [0.05, 0.1) is 26.4 Å². The highest BCUT2D eigenvalue weighted by atomic mass is 31.2. The Labute approximate surface area is 607 Å². The van der Waals surface area contributed by atoms with Gasteiger partial charge in [-0.2, -0.15) is 0 Å². The second-order valence-electron chi connectivity index (χ2n) is 30.0. The second-order valence-corrected chi connectivity index (χ2v) is 32.9. The largest absolute Gasteiger partial charge is 0.472 e. The van der Waals surface area contributed by atoms with Crippen molar-refractivity contribution in [1.29, 1.82) is 0 Å². The molecule has 0 aliphatic carbocycles. The highest BCUT2D eigenvalue weighted by Crippen LogP contribution is 2.45. The van der Waals surface area contributed by atoms with Crippen LogP contribution < -0.4 is 0 Å². The van der Waals surface area contributed by atoms with Crippen molar-refractivity contribution in [2.24, 2.45) is 17.8 Å². The minimum Gasteiger partial charge on any atom is -0.462 e. The zero-order chi connectivity index (χ0) is 73.0. The molecule has 6 atom stereocenters. The molecule has 0 aromatic carbocycles. The molecular weight excluding hydrogens is 1290 g/mol. The summed E-state index contributed by atoms with van der Waals surface area (Å²) in [6, 6.07) is 0. The van der Waals surface area contributed by atoms with E-state index in [0.717, 1.165) is 108 Å². The van der Waals surface area contributed by atoms with Crippen LogP contribution in [0.3, 0.4) is 0 Å².